The first kappa shape index (κ1) is 21.5. The van der Waals surface area contributed by atoms with Crippen LogP contribution in [0.2, 0.25) is 0 Å². The molecule has 0 atom stereocenters. The van der Waals surface area contributed by atoms with E-state index < -0.39 is 10.0 Å². The lowest BCUT2D eigenvalue weighted by Gasteiger charge is -2.23. The van der Waals surface area contributed by atoms with Crippen molar-refractivity contribution in [2.24, 2.45) is 4.99 Å². The number of sulfonamides is 1. The summed E-state index contributed by atoms with van der Waals surface area (Å²) in [5.41, 5.74) is 1.53. The number of pyridine rings is 1. The van der Waals surface area contributed by atoms with Gasteiger partial charge in [-0.15, -0.1) is 0 Å². The number of carbonyl (C=O) groups excluding carboxylic acids is 1. The highest BCUT2D eigenvalue weighted by molar-refractivity contribution is 7.92. The highest BCUT2D eigenvalue weighted by Gasteiger charge is 2.23. The lowest BCUT2D eigenvalue weighted by atomic mass is 10.2. The van der Waals surface area contributed by atoms with Crippen molar-refractivity contribution in [3.8, 4) is 0 Å². The molecule has 3 aromatic rings. The molecule has 0 fully saturated rings. The van der Waals surface area contributed by atoms with Crippen molar-refractivity contribution < 1.29 is 13.2 Å². The summed E-state index contributed by atoms with van der Waals surface area (Å²) in [7, 11) is -3.74. The summed E-state index contributed by atoms with van der Waals surface area (Å²) in [6.45, 7) is 5.96. The molecule has 156 valence electrons. The molecule has 0 saturated heterocycles. The van der Waals surface area contributed by atoms with E-state index in [0.29, 0.717) is 23.3 Å². The van der Waals surface area contributed by atoms with Gasteiger partial charge >= 0.3 is 0 Å². The van der Waals surface area contributed by atoms with E-state index >= 15 is 0 Å². The van der Waals surface area contributed by atoms with Crippen LogP contribution < -0.4 is 9.79 Å². The number of para-hydroxylation sites is 1. The van der Waals surface area contributed by atoms with E-state index in [1.807, 2.05) is 26.0 Å². The van der Waals surface area contributed by atoms with Gasteiger partial charge < -0.3 is 0 Å². The lowest BCUT2D eigenvalue weighted by molar-refractivity contribution is 0.0954. The molecule has 30 heavy (non-hydrogen) atoms. The smallest absolute Gasteiger partial charge is 0.264 e. The molecule has 2 aromatic carbocycles. The Kier molecular flexibility index (Phi) is 6.52. The van der Waals surface area contributed by atoms with Crippen molar-refractivity contribution in [2.75, 3.05) is 10.8 Å². The van der Waals surface area contributed by atoms with Gasteiger partial charge in [0.1, 0.15) is 5.49 Å². The molecule has 0 bridgehead atoms. The van der Waals surface area contributed by atoms with E-state index in [-0.39, 0.29) is 16.8 Å². The zero-order chi connectivity index (χ0) is 21.7. The van der Waals surface area contributed by atoms with Crippen LogP contribution in [0, 0.1) is 0 Å². The van der Waals surface area contributed by atoms with Gasteiger partial charge in [-0.25, -0.2) is 8.42 Å². The third kappa shape index (κ3) is 4.52. The van der Waals surface area contributed by atoms with Gasteiger partial charge in [0.25, 0.3) is 15.9 Å². The maximum Gasteiger partial charge on any atom is 0.264 e. The predicted octanol–water partition coefficient (Wildman–Crippen LogP) is 3.70. The SMILES string of the molecule is CCN(c1ccccc1)S(=O)(=O)c1ccc(C(=O)n2ccccc2=NC(C)C)cc1. The number of aromatic nitrogens is 1. The first-order valence-electron chi connectivity index (χ1n) is 9.78. The Balaban J connectivity index is 1.95. The summed E-state index contributed by atoms with van der Waals surface area (Å²) in [6.07, 6.45) is 1.66. The highest BCUT2D eigenvalue weighted by Crippen LogP contribution is 2.23. The Morgan fingerprint density at radius 3 is 2.20 bits per heavy atom. The summed E-state index contributed by atoms with van der Waals surface area (Å²) < 4.78 is 29.0. The molecule has 0 aliphatic heterocycles. The van der Waals surface area contributed by atoms with E-state index in [0.717, 1.165) is 0 Å². The first-order chi connectivity index (χ1) is 14.3. The number of nitrogens with zero attached hydrogens (tertiary/aromatic N) is 3. The van der Waals surface area contributed by atoms with Gasteiger partial charge in [-0.05, 0) is 69.3 Å². The largest absolute Gasteiger partial charge is 0.268 e. The second-order valence-electron chi connectivity index (χ2n) is 6.99. The summed E-state index contributed by atoms with van der Waals surface area (Å²) in [4.78, 5) is 17.6. The molecule has 0 saturated carbocycles. The minimum absolute atomic E-state index is 0.0389. The summed E-state index contributed by atoms with van der Waals surface area (Å²) in [6, 6.07) is 20.3. The Hall–Kier alpha value is -3.19. The van der Waals surface area contributed by atoms with E-state index in [1.54, 1.807) is 49.5 Å². The van der Waals surface area contributed by atoms with Gasteiger partial charge in [0.15, 0.2) is 0 Å². The highest BCUT2D eigenvalue weighted by atomic mass is 32.2. The third-order valence-corrected chi connectivity index (χ3v) is 6.39. The normalized spacial score (nSPS) is 12.2. The first-order valence-corrected chi connectivity index (χ1v) is 11.2. The fourth-order valence-electron chi connectivity index (χ4n) is 3.10. The number of carbonyl (C=O) groups is 1. The van der Waals surface area contributed by atoms with Crippen LogP contribution in [0.5, 0.6) is 0 Å². The number of rotatable bonds is 6. The van der Waals surface area contributed by atoms with Crippen molar-refractivity contribution in [1.29, 1.82) is 0 Å². The van der Waals surface area contributed by atoms with Crippen LogP contribution in [-0.4, -0.2) is 31.5 Å². The molecule has 0 N–H and O–H groups in total. The monoisotopic (exact) mass is 423 g/mol. The lowest BCUT2D eigenvalue weighted by Crippen LogP contribution is -2.31. The van der Waals surface area contributed by atoms with Crippen molar-refractivity contribution in [3.05, 3.63) is 90.0 Å². The standard InChI is InChI=1S/C23H25N3O3S/c1-4-26(20-10-6-5-7-11-20)30(28,29)21-15-13-19(14-16-21)23(27)25-17-9-8-12-22(25)24-18(2)3/h5-18H,4H2,1-3H3. The van der Waals surface area contributed by atoms with Crippen LogP contribution >= 0.6 is 0 Å². The molecule has 7 heteroatoms. The molecule has 1 aromatic heterocycles. The average Bonchev–Trinajstić information content (AvgIpc) is 2.74. The third-order valence-electron chi connectivity index (χ3n) is 4.47. The topological polar surface area (TPSA) is 71.7 Å². The second kappa shape index (κ2) is 9.09. The Bertz CT molecular complexity index is 1180. The molecule has 6 nitrogen and oxygen atoms in total. The van der Waals surface area contributed by atoms with E-state index in [9.17, 15) is 13.2 Å². The van der Waals surface area contributed by atoms with Crippen molar-refractivity contribution in [2.45, 2.75) is 31.7 Å². The van der Waals surface area contributed by atoms with Crippen LogP contribution in [-0.2, 0) is 10.0 Å². The molecule has 0 aliphatic carbocycles. The Labute approximate surface area is 177 Å². The number of benzene rings is 2. The molecule has 0 amide bonds. The van der Waals surface area contributed by atoms with E-state index in [2.05, 4.69) is 4.99 Å². The molecule has 0 aliphatic rings. The number of hydrogen-bond acceptors (Lipinski definition) is 4. The van der Waals surface area contributed by atoms with Crippen LogP contribution in [0.1, 0.15) is 31.1 Å². The summed E-state index contributed by atoms with van der Waals surface area (Å²) >= 11 is 0. The van der Waals surface area contributed by atoms with Gasteiger partial charge in [-0.3, -0.25) is 18.7 Å². The summed E-state index contributed by atoms with van der Waals surface area (Å²) in [5.74, 6) is -0.269. The fraction of sp³-hybridized carbons (Fsp3) is 0.217. The van der Waals surface area contributed by atoms with Gasteiger partial charge in [0, 0.05) is 24.3 Å². The molecular formula is C23H25N3O3S. The minimum Gasteiger partial charge on any atom is -0.268 e. The van der Waals surface area contributed by atoms with Gasteiger partial charge in [0.2, 0.25) is 0 Å². The van der Waals surface area contributed by atoms with E-state index in [4.69, 9.17) is 0 Å². The predicted molar refractivity (Wildman–Crippen MR) is 118 cm³/mol. The number of hydrogen-bond donors (Lipinski definition) is 0. The number of anilines is 1. The Morgan fingerprint density at radius 1 is 0.967 bits per heavy atom. The van der Waals surface area contributed by atoms with Crippen LogP contribution in [0.15, 0.2) is 88.9 Å². The van der Waals surface area contributed by atoms with Gasteiger partial charge in [-0.2, -0.15) is 0 Å². The minimum atomic E-state index is -3.74. The molecule has 0 radical (unpaired) electrons. The van der Waals surface area contributed by atoms with Crippen molar-refractivity contribution in [3.63, 3.8) is 0 Å². The van der Waals surface area contributed by atoms with Gasteiger partial charge in [-0.1, -0.05) is 24.3 Å². The maximum absolute atomic E-state index is 13.1. The molecule has 1 heterocycles. The zero-order valence-corrected chi connectivity index (χ0v) is 18.1. The average molecular weight is 424 g/mol. The second-order valence-corrected chi connectivity index (χ2v) is 8.85. The van der Waals surface area contributed by atoms with Crippen LogP contribution in [0.25, 0.3) is 0 Å². The van der Waals surface area contributed by atoms with Crippen LogP contribution in [0.4, 0.5) is 5.69 Å². The zero-order valence-electron chi connectivity index (χ0n) is 17.3. The van der Waals surface area contributed by atoms with Crippen LogP contribution in [0.3, 0.4) is 0 Å². The maximum atomic E-state index is 13.1. The molecular weight excluding hydrogens is 398 g/mol. The fourth-order valence-corrected chi connectivity index (χ4v) is 4.57. The van der Waals surface area contributed by atoms with Crippen molar-refractivity contribution in [1.82, 2.24) is 4.57 Å². The summed E-state index contributed by atoms with van der Waals surface area (Å²) in [5, 5.41) is 0. The molecule has 0 spiro atoms. The molecule has 3 rings (SSSR count). The van der Waals surface area contributed by atoms with E-state index in [1.165, 1.54) is 33.1 Å². The molecule has 0 unspecified atom stereocenters. The quantitative estimate of drug-likeness (QED) is 0.607. The van der Waals surface area contributed by atoms with Gasteiger partial charge in [0.05, 0.1) is 10.6 Å². The Morgan fingerprint density at radius 2 is 1.60 bits per heavy atom. The van der Waals surface area contributed by atoms with Crippen molar-refractivity contribution >= 4 is 21.6 Å².